The van der Waals surface area contributed by atoms with Crippen molar-refractivity contribution in [3.05, 3.63) is 0 Å². The zero-order chi connectivity index (χ0) is 12.7. The normalized spacial score (nSPS) is 24.7. The third-order valence-electron chi connectivity index (χ3n) is 3.83. The third kappa shape index (κ3) is 2.92. The fourth-order valence-electron chi connectivity index (χ4n) is 2.43. The minimum atomic E-state index is -0.444. The largest absolute Gasteiger partial charge is 0.444 e. The van der Waals surface area contributed by atoms with Crippen molar-refractivity contribution < 1.29 is 9.53 Å². The highest BCUT2D eigenvalue weighted by Gasteiger charge is 2.52. The van der Waals surface area contributed by atoms with Gasteiger partial charge >= 0.3 is 6.09 Å². The number of nitrogens with two attached hydrogens (primary N) is 1. The van der Waals surface area contributed by atoms with Crippen LogP contribution in [0.25, 0.3) is 0 Å². The van der Waals surface area contributed by atoms with E-state index in [1.807, 2.05) is 20.8 Å². The van der Waals surface area contributed by atoms with Crippen LogP contribution in [-0.4, -0.2) is 23.3 Å². The van der Waals surface area contributed by atoms with Crippen LogP contribution in [0.1, 0.15) is 52.9 Å². The first kappa shape index (κ1) is 12.7. The van der Waals surface area contributed by atoms with Crippen molar-refractivity contribution >= 4 is 6.09 Å². The van der Waals surface area contributed by atoms with E-state index < -0.39 is 5.60 Å². The van der Waals surface area contributed by atoms with Crippen molar-refractivity contribution in [2.24, 2.45) is 11.7 Å². The first-order chi connectivity index (χ1) is 7.82. The number of carbonyl (C=O) groups is 1. The molecule has 0 bridgehead atoms. The van der Waals surface area contributed by atoms with Crippen LogP contribution in [-0.2, 0) is 4.74 Å². The van der Waals surface area contributed by atoms with Gasteiger partial charge in [-0.25, -0.2) is 4.79 Å². The van der Waals surface area contributed by atoms with E-state index in [-0.39, 0.29) is 17.7 Å². The van der Waals surface area contributed by atoms with Gasteiger partial charge in [0.1, 0.15) is 5.60 Å². The van der Waals surface area contributed by atoms with Crippen molar-refractivity contribution in [3.63, 3.8) is 0 Å². The van der Waals surface area contributed by atoms with Crippen molar-refractivity contribution in [1.29, 1.82) is 0 Å². The van der Waals surface area contributed by atoms with Gasteiger partial charge in [-0.3, -0.25) is 0 Å². The molecule has 0 radical (unpaired) electrons. The summed E-state index contributed by atoms with van der Waals surface area (Å²) < 4.78 is 5.29. The van der Waals surface area contributed by atoms with Crippen LogP contribution in [0.2, 0.25) is 0 Å². The second-order valence-corrected chi connectivity index (χ2v) is 6.50. The predicted octanol–water partition coefficient (Wildman–Crippen LogP) is 2.17. The summed E-state index contributed by atoms with van der Waals surface area (Å²) in [5.41, 5.74) is 5.64. The second-order valence-electron chi connectivity index (χ2n) is 6.50. The Morgan fingerprint density at radius 3 is 2.35 bits per heavy atom. The Hall–Kier alpha value is -0.770. The topological polar surface area (TPSA) is 64.3 Å². The maximum Gasteiger partial charge on any atom is 0.408 e. The number of carbonyl (C=O) groups excluding carboxylic acids is 1. The molecule has 98 valence electrons. The van der Waals surface area contributed by atoms with E-state index in [1.165, 1.54) is 19.3 Å². The quantitative estimate of drug-likeness (QED) is 0.794. The maximum absolute atomic E-state index is 11.8. The average molecular weight is 240 g/mol. The Balaban J connectivity index is 1.87. The number of hydrogen-bond donors (Lipinski definition) is 2. The Labute approximate surface area is 103 Å². The van der Waals surface area contributed by atoms with Gasteiger partial charge in [-0.1, -0.05) is 6.42 Å². The first-order valence-corrected chi connectivity index (χ1v) is 6.59. The van der Waals surface area contributed by atoms with Crippen LogP contribution < -0.4 is 11.1 Å². The van der Waals surface area contributed by atoms with Gasteiger partial charge in [0.25, 0.3) is 0 Å². The fourth-order valence-corrected chi connectivity index (χ4v) is 2.43. The molecule has 0 aliphatic heterocycles. The molecule has 0 spiro atoms. The lowest BCUT2D eigenvalue weighted by molar-refractivity contribution is 0.0469. The van der Waals surface area contributed by atoms with E-state index in [4.69, 9.17) is 10.5 Å². The number of ether oxygens (including phenoxy) is 1. The first-order valence-electron chi connectivity index (χ1n) is 6.59. The molecule has 4 heteroatoms. The van der Waals surface area contributed by atoms with E-state index in [9.17, 15) is 4.79 Å². The van der Waals surface area contributed by atoms with Gasteiger partial charge in [-0.15, -0.1) is 0 Å². The summed E-state index contributed by atoms with van der Waals surface area (Å²) in [7, 11) is 0. The predicted molar refractivity (Wildman–Crippen MR) is 66.7 cm³/mol. The summed E-state index contributed by atoms with van der Waals surface area (Å²) in [6.45, 7) is 5.62. The molecule has 0 saturated heterocycles. The standard InChI is InChI=1S/C13H24N2O2/c1-12(2,3)17-11(16)15-13(7-8-13)10(14)9-5-4-6-9/h9-10H,4-8,14H2,1-3H3,(H,15,16). The molecule has 3 N–H and O–H groups in total. The van der Waals surface area contributed by atoms with Crippen molar-refractivity contribution in [1.82, 2.24) is 5.32 Å². The highest BCUT2D eigenvalue weighted by atomic mass is 16.6. The van der Waals surface area contributed by atoms with Crippen LogP contribution in [0.3, 0.4) is 0 Å². The van der Waals surface area contributed by atoms with Gasteiger partial charge in [0.15, 0.2) is 0 Å². The van der Waals surface area contributed by atoms with Crippen LogP contribution in [0.15, 0.2) is 0 Å². The summed E-state index contributed by atoms with van der Waals surface area (Å²) in [6.07, 6.45) is 5.34. The van der Waals surface area contributed by atoms with E-state index in [1.54, 1.807) is 0 Å². The zero-order valence-corrected chi connectivity index (χ0v) is 11.1. The highest BCUT2D eigenvalue weighted by molar-refractivity contribution is 5.69. The van der Waals surface area contributed by atoms with Crippen LogP contribution in [0.5, 0.6) is 0 Å². The SMILES string of the molecule is CC(C)(C)OC(=O)NC1(C(N)C2CCC2)CC1. The van der Waals surface area contributed by atoms with Gasteiger partial charge in [0.2, 0.25) is 0 Å². The molecule has 17 heavy (non-hydrogen) atoms. The molecule has 0 heterocycles. The number of amides is 1. The van der Waals surface area contributed by atoms with E-state index >= 15 is 0 Å². The lowest BCUT2D eigenvalue weighted by Gasteiger charge is -2.37. The summed E-state index contributed by atoms with van der Waals surface area (Å²) in [4.78, 5) is 11.8. The van der Waals surface area contributed by atoms with Crippen LogP contribution >= 0.6 is 0 Å². The van der Waals surface area contributed by atoms with Gasteiger partial charge in [0.05, 0.1) is 5.54 Å². The molecule has 4 nitrogen and oxygen atoms in total. The lowest BCUT2D eigenvalue weighted by Crippen LogP contribution is -2.55. The van der Waals surface area contributed by atoms with E-state index in [0.717, 1.165) is 12.8 Å². The van der Waals surface area contributed by atoms with Crippen LogP contribution in [0, 0.1) is 5.92 Å². The summed E-state index contributed by atoms with van der Waals surface area (Å²) >= 11 is 0. The average Bonchev–Trinajstić information content (AvgIpc) is 2.78. The summed E-state index contributed by atoms with van der Waals surface area (Å²) in [5, 5.41) is 2.99. The van der Waals surface area contributed by atoms with Gasteiger partial charge in [-0.2, -0.15) is 0 Å². The Morgan fingerprint density at radius 2 is 2.00 bits per heavy atom. The number of hydrogen-bond acceptors (Lipinski definition) is 3. The Morgan fingerprint density at radius 1 is 1.41 bits per heavy atom. The third-order valence-corrected chi connectivity index (χ3v) is 3.83. The maximum atomic E-state index is 11.8. The fraction of sp³-hybridized carbons (Fsp3) is 0.923. The van der Waals surface area contributed by atoms with Gasteiger partial charge < -0.3 is 15.8 Å². The molecule has 2 rings (SSSR count). The minimum absolute atomic E-state index is 0.101. The smallest absolute Gasteiger partial charge is 0.408 e. The molecule has 0 aromatic heterocycles. The Kier molecular flexibility index (Phi) is 3.10. The monoisotopic (exact) mass is 240 g/mol. The number of rotatable bonds is 3. The molecule has 1 amide bonds. The molecular weight excluding hydrogens is 216 g/mol. The molecular formula is C13H24N2O2. The minimum Gasteiger partial charge on any atom is -0.444 e. The summed E-state index contributed by atoms with van der Waals surface area (Å²) in [6, 6.07) is 0.101. The zero-order valence-electron chi connectivity index (χ0n) is 11.1. The molecule has 2 saturated carbocycles. The van der Waals surface area contributed by atoms with E-state index in [0.29, 0.717) is 5.92 Å². The second kappa shape index (κ2) is 4.16. The molecule has 0 aromatic rings. The molecule has 2 aliphatic rings. The molecule has 2 aliphatic carbocycles. The lowest BCUT2D eigenvalue weighted by atomic mass is 9.76. The Bertz CT molecular complexity index is 301. The summed E-state index contributed by atoms with van der Waals surface area (Å²) in [5.74, 6) is 0.590. The van der Waals surface area contributed by atoms with Crippen LogP contribution in [0.4, 0.5) is 4.79 Å². The molecule has 1 atom stereocenters. The van der Waals surface area contributed by atoms with Gasteiger partial charge in [0, 0.05) is 6.04 Å². The number of alkyl carbamates (subject to hydrolysis) is 1. The molecule has 2 fully saturated rings. The highest BCUT2D eigenvalue weighted by Crippen LogP contribution is 2.45. The van der Waals surface area contributed by atoms with Crippen molar-refractivity contribution in [3.8, 4) is 0 Å². The number of nitrogens with one attached hydrogen (secondary N) is 1. The van der Waals surface area contributed by atoms with Crippen molar-refractivity contribution in [2.45, 2.75) is 70.1 Å². The molecule has 1 unspecified atom stereocenters. The van der Waals surface area contributed by atoms with E-state index in [2.05, 4.69) is 5.32 Å². The van der Waals surface area contributed by atoms with Crippen molar-refractivity contribution in [2.75, 3.05) is 0 Å². The van der Waals surface area contributed by atoms with Gasteiger partial charge in [-0.05, 0) is 52.4 Å². The molecule has 0 aromatic carbocycles.